The van der Waals surface area contributed by atoms with Gasteiger partial charge in [0, 0.05) is 10.7 Å². The molecule has 2 aromatic rings. The maximum Gasteiger partial charge on any atom is 0.358 e. The third-order valence-electron chi connectivity index (χ3n) is 2.61. The second kappa shape index (κ2) is 5.40. The van der Waals surface area contributed by atoms with E-state index in [4.69, 9.17) is 9.84 Å². The fourth-order valence-corrected chi connectivity index (χ4v) is 1.95. The molecule has 0 radical (unpaired) electrons. The predicted molar refractivity (Wildman–Crippen MR) is 74.9 cm³/mol. The molecule has 0 aliphatic rings. The van der Waals surface area contributed by atoms with Gasteiger partial charge in [-0.05, 0) is 49.2 Å². The van der Waals surface area contributed by atoms with E-state index in [9.17, 15) is 4.79 Å². The Kier molecular flexibility index (Phi) is 3.85. The minimum atomic E-state index is -1.11. The van der Waals surface area contributed by atoms with Gasteiger partial charge < -0.3 is 9.84 Å². The van der Waals surface area contributed by atoms with Gasteiger partial charge in [0.25, 0.3) is 0 Å². The normalized spacial score (nSPS) is 10.3. The van der Waals surface area contributed by atoms with Gasteiger partial charge in [-0.15, -0.1) is 0 Å². The van der Waals surface area contributed by atoms with Crippen LogP contribution in [0.3, 0.4) is 0 Å². The average Bonchev–Trinajstić information content (AvgIpc) is 2.36. The van der Waals surface area contributed by atoms with E-state index < -0.39 is 5.97 Å². The molecule has 0 fully saturated rings. The van der Waals surface area contributed by atoms with E-state index in [1.807, 2.05) is 26.0 Å². The molecule has 4 nitrogen and oxygen atoms in total. The summed E-state index contributed by atoms with van der Waals surface area (Å²) in [6.45, 7) is 3.90. The largest absolute Gasteiger partial charge is 0.476 e. The number of aryl methyl sites for hydroxylation is 2. The van der Waals surface area contributed by atoms with Crippen LogP contribution < -0.4 is 4.74 Å². The van der Waals surface area contributed by atoms with Gasteiger partial charge in [0.15, 0.2) is 11.4 Å². The maximum absolute atomic E-state index is 11.0. The lowest BCUT2D eigenvalue weighted by atomic mass is 10.1. The lowest BCUT2D eigenvalue weighted by Gasteiger charge is -2.11. The quantitative estimate of drug-likeness (QED) is 0.929. The zero-order valence-electron chi connectivity index (χ0n) is 10.5. The van der Waals surface area contributed by atoms with Crippen molar-refractivity contribution in [2.45, 2.75) is 13.8 Å². The summed E-state index contributed by atoms with van der Waals surface area (Å²) in [4.78, 5) is 14.9. The number of carbonyl (C=O) groups is 1. The topological polar surface area (TPSA) is 59.4 Å². The molecule has 1 aromatic carbocycles. The molecular weight excluding hydrogens is 310 g/mol. The lowest BCUT2D eigenvalue weighted by Crippen LogP contribution is -2.02. The minimum absolute atomic E-state index is 0.0966. The summed E-state index contributed by atoms with van der Waals surface area (Å²) in [5.74, 6) is -0.286. The third-order valence-corrected chi connectivity index (χ3v) is 3.86. The van der Waals surface area contributed by atoms with E-state index in [0.717, 1.165) is 15.6 Å². The number of carboxylic acids is 1. The summed E-state index contributed by atoms with van der Waals surface area (Å²) >= 11 is 3.47. The molecule has 1 N–H and O–H groups in total. The zero-order chi connectivity index (χ0) is 14.0. The van der Waals surface area contributed by atoms with Crippen LogP contribution >= 0.6 is 15.9 Å². The fourth-order valence-electron chi connectivity index (χ4n) is 1.73. The Balaban J connectivity index is 2.39. The zero-order valence-corrected chi connectivity index (χ0v) is 12.1. The second-order valence-electron chi connectivity index (χ2n) is 4.13. The number of carboxylic acid groups (broad SMARTS) is 1. The van der Waals surface area contributed by atoms with Gasteiger partial charge in [-0.1, -0.05) is 15.9 Å². The molecule has 0 atom stereocenters. The number of benzene rings is 1. The average molecular weight is 322 g/mol. The number of hydrogen-bond acceptors (Lipinski definition) is 3. The summed E-state index contributed by atoms with van der Waals surface area (Å²) in [7, 11) is 0. The molecule has 0 saturated carbocycles. The minimum Gasteiger partial charge on any atom is -0.476 e. The molecule has 0 unspecified atom stereocenters. The highest BCUT2D eigenvalue weighted by Gasteiger charge is 2.13. The van der Waals surface area contributed by atoms with Crippen LogP contribution in [0.25, 0.3) is 0 Å². The number of halogens is 1. The van der Waals surface area contributed by atoms with Crippen molar-refractivity contribution in [3.05, 3.63) is 51.8 Å². The van der Waals surface area contributed by atoms with Crippen molar-refractivity contribution in [2.24, 2.45) is 0 Å². The van der Waals surface area contributed by atoms with Crippen molar-refractivity contribution >= 4 is 21.9 Å². The molecule has 2 rings (SSSR count). The molecule has 19 heavy (non-hydrogen) atoms. The summed E-state index contributed by atoms with van der Waals surface area (Å²) in [5.41, 5.74) is 1.95. The third kappa shape index (κ3) is 2.93. The van der Waals surface area contributed by atoms with Crippen molar-refractivity contribution in [3.8, 4) is 11.5 Å². The van der Waals surface area contributed by atoms with Crippen LogP contribution in [-0.4, -0.2) is 16.1 Å². The van der Waals surface area contributed by atoms with Crippen molar-refractivity contribution < 1.29 is 14.6 Å². The molecule has 0 aliphatic heterocycles. The summed E-state index contributed by atoms with van der Waals surface area (Å²) in [6, 6.07) is 6.91. The van der Waals surface area contributed by atoms with Crippen LogP contribution in [0.2, 0.25) is 0 Å². The van der Waals surface area contributed by atoms with E-state index in [-0.39, 0.29) is 11.4 Å². The highest BCUT2D eigenvalue weighted by Crippen LogP contribution is 2.30. The first kappa shape index (κ1) is 13.5. The molecule has 98 valence electrons. The lowest BCUT2D eigenvalue weighted by molar-refractivity contribution is 0.0687. The number of rotatable bonds is 3. The molecular formula is C14H12BrNO3. The summed E-state index contributed by atoms with van der Waals surface area (Å²) in [5, 5.41) is 9.05. The summed E-state index contributed by atoms with van der Waals surface area (Å²) in [6.07, 6.45) is 1.42. The predicted octanol–water partition coefficient (Wildman–Crippen LogP) is 3.95. The smallest absolute Gasteiger partial charge is 0.358 e. The molecule has 0 aliphatic carbocycles. The number of hydrogen-bond donors (Lipinski definition) is 1. The van der Waals surface area contributed by atoms with Crippen LogP contribution in [0.1, 0.15) is 21.6 Å². The van der Waals surface area contributed by atoms with Gasteiger partial charge in [0.05, 0.1) is 0 Å². The Hall–Kier alpha value is -1.88. The van der Waals surface area contributed by atoms with Gasteiger partial charge in [-0.2, -0.15) is 0 Å². The standard InChI is InChI=1S/C14H12BrNO3/c1-8-6-10(7-9(2)12(8)15)19-11-4-3-5-16-13(11)14(17)18/h3-7H,1-2H3,(H,17,18). The van der Waals surface area contributed by atoms with Crippen LogP contribution in [-0.2, 0) is 0 Å². The Morgan fingerprint density at radius 3 is 2.53 bits per heavy atom. The first-order chi connectivity index (χ1) is 8.99. The van der Waals surface area contributed by atoms with Crippen molar-refractivity contribution in [2.75, 3.05) is 0 Å². The van der Waals surface area contributed by atoms with Gasteiger partial charge in [0.2, 0.25) is 0 Å². The Bertz CT molecular complexity index is 617. The van der Waals surface area contributed by atoms with E-state index >= 15 is 0 Å². The number of aromatic carboxylic acids is 1. The molecule has 1 heterocycles. The van der Waals surface area contributed by atoms with Crippen LogP contribution in [0.4, 0.5) is 0 Å². The van der Waals surface area contributed by atoms with Gasteiger partial charge in [0.1, 0.15) is 5.75 Å². The van der Waals surface area contributed by atoms with Crippen molar-refractivity contribution in [1.82, 2.24) is 4.98 Å². The van der Waals surface area contributed by atoms with Crippen molar-refractivity contribution in [1.29, 1.82) is 0 Å². The Morgan fingerprint density at radius 2 is 1.95 bits per heavy atom. The van der Waals surface area contributed by atoms with E-state index in [2.05, 4.69) is 20.9 Å². The molecule has 0 spiro atoms. The molecule has 5 heteroatoms. The Morgan fingerprint density at radius 1 is 1.32 bits per heavy atom. The van der Waals surface area contributed by atoms with Gasteiger partial charge >= 0.3 is 5.97 Å². The van der Waals surface area contributed by atoms with E-state index in [0.29, 0.717) is 5.75 Å². The maximum atomic E-state index is 11.0. The van der Waals surface area contributed by atoms with Crippen LogP contribution in [0, 0.1) is 13.8 Å². The van der Waals surface area contributed by atoms with Gasteiger partial charge in [-0.3, -0.25) is 0 Å². The van der Waals surface area contributed by atoms with Crippen LogP contribution in [0.15, 0.2) is 34.9 Å². The van der Waals surface area contributed by atoms with E-state index in [1.54, 1.807) is 12.1 Å². The van der Waals surface area contributed by atoms with Crippen molar-refractivity contribution in [3.63, 3.8) is 0 Å². The number of pyridine rings is 1. The number of ether oxygens (including phenoxy) is 1. The molecule has 1 aromatic heterocycles. The first-order valence-corrected chi connectivity index (χ1v) is 6.41. The monoisotopic (exact) mass is 321 g/mol. The molecule has 0 saturated heterocycles. The number of nitrogens with zero attached hydrogens (tertiary/aromatic N) is 1. The Labute approximate surface area is 119 Å². The van der Waals surface area contributed by atoms with E-state index in [1.165, 1.54) is 6.20 Å². The second-order valence-corrected chi connectivity index (χ2v) is 4.92. The number of aromatic nitrogens is 1. The SMILES string of the molecule is Cc1cc(Oc2cccnc2C(=O)O)cc(C)c1Br. The highest BCUT2D eigenvalue weighted by atomic mass is 79.9. The van der Waals surface area contributed by atoms with Gasteiger partial charge in [-0.25, -0.2) is 9.78 Å². The molecule has 0 amide bonds. The first-order valence-electron chi connectivity index (χ1n) is 5.62. The fraction of sp³-hybridized carbons (Fsp3) is 0.143. The molecule has 0 bridgehead atoms. The highest BCUT2D eigenvalue weighted by molar-refractivity contribution is 9.10. The summed E-state index contributed by atoms with van der Waals surface area (Å²) < 4.78 is 6.64. The van der Waals surface area contributed by atoms with Crippen LogP contribution in [0.5, 0.6) is 11.5 Å².